The third-order valence-corrected chi connectivity index (χ3v) is 4.62. The van der Waals surface area contributed by atoms with Gasteiger partial charge in [0.2, 0.25) is 5.89 Å². The highest BCUT2D eigenvalue weighted by Crippen LogP contribution is 2.31. The minimum atomic E-state index is -0.660. The Balaban J connectivity index is 1.61. The van der Waals surface area contributed by atoms with Crippen molar-refractivity contribution in [1.29, 1.82) is 0 Å². The second kappa shape index (κ2) is 7.51. The number of hydrogen-bond acceptors (Lipinski definition) is 6. The van der Waals surface area contributed by atoms with Crippen molar-refractivity contribution in [1.82, 2.24) is 15.1 Å². The zero-order valence-electron chi connectivity index (χ0n) is 15.2. The summed E-state index contributed by atoms with van der Waals surface area (Å²) in [5.74, 6) is -0.705. The van der Waals surface area contributed by atoms with E-state index in [0.717, 1.165) is 11.1 Å². The van der Waals surface area contributed by atoms with Crippen molar-refractivity contribution in [2.24, 2.45) is 5.16 Å². The van der Waals surface area contributed by atoms with Gasteiger partial charge in [0.05, 0.1) is 12.3 Å². The fraction of sp³-hybridized carbons (Fsp3) is 0.200. The molecule has 28 heavy (non-hydrogen) atoms. The highest BCUT2D eigenvalue weighted by molar-refractivity contribution is 6.00. The first-order valence-electron chi connectivity index (χ1n) is 8.76. The minimum absolute atomic E-state index is 0.153. The summed E-state index contributed by atoms with van der Waals surface area (Å²) in [7, 11) is 1.45. The van der Waals surface area contributed by atoms with Gasteiger partial charge in [-0.1, -0.05) is 47.6 Å². The van der Waals surface area contributed by atoms with Crippen molar-refractivity contribution >= 4 is 11.6 Å². The lowest BCUT2D eigenvalue weighted by molar-refractivity contribution is 0.0718. The van der Waals surface area contributed by atoms with Gasteiger partial charge in [0.25, 0.3) is 5.91 Å². The zero-order chi connectivity index (χ0) is 19.5. The molecule has 1 fully saturated rings. The van der Waals surface area contributed by atoms with Crippen molar-refractivity contribution < 1.29 is 14.0 Å². The average molecular weight is 378 g/mol. The molecular formula is C20H18N4O4. The Hall–Kier alpha value is -3.68. The predicted molar refractivity (Wildman–Crippen MR) is 102 cm³/mol. The van der Waals surface area contributed by atoms with Gasteiger partial charge in [0, 0.05) is 12.0 Å². The van der Waals surface area contributed by atoms with Gasteiger partial charge in [-0.2, -0.15) is 0 Å². The summed E-state index contributed by atoms with van der Waals surface area (Å²) in [5, 5.41) is 10.1. The van der Waals surface area contributed by atoms with E-state index >= 15 is 0 Å². The lowest BCUT2D eigenvalue weighted by Crippen LogP contribution is -2.31. The highest BCUT2D eigenvalue weighted by atomic mass is 16.6. The Labute approximate surface area is 160 Å². The van der Waals surface area contributed by atoms with Crippen molar-refractivity contribution in [3.05, 3.63) is 76.6 Å². The fourth-order valence-corrected chi connectivity index (χ4v) is 3.32. The van der Waals surface area contributed by atoms with Crippen LogP contribution in [-0.2, 0) is 4.84 Å². The molecule has 1 aromatic heterocycles. The first kappa shape index (κ1) is 17.7. The number of benzene rings is 2. The lowest BCUT2D eigenvalue weighted by Gasteiger charge is -2.21. The summed E-state index contributed by atoms with van der Waals surface area (Å²) in [6.07, 6.45) is 0.384. The van der Waals surface area contributed by atoms with Crippen molar-refractivity contribution in [3.8, 4) is 11.1 Å². The molecule has 0 bridgehead atoms. The van der Waals surface area contributed by atoms with E-state index in [2.05, 4.69) is 15.4 Å². The molecule has 1 aliphatic heterocycles. The number of oxime groups is 1. The molecular weight excluding hydrogens is 360 g/mol. The predicted octanol–water partition coefficient (Wildman–Crippen LogP) is 2.62. The number of H-pyrrole nitrogens is 1. The van der Waals surface area contributed by atoms with Crippen LogP contribution >= 0.6 is 0 Å². The number of carbonyl (C=O) groups excluding carboxylic acids is 1. The highest BCUT2D eigenvalue weighted by Gasteiger charge is 2.38. The molecule has 2 aromatic carbocycles. The van der Waals surface area contributed by atoms with Gasteiger partial charge >= 0.3 is 5.76 Å². The number of likely N-dealkylation sites (tertiary alicyclic amines) is 1. The van der Waals surface area contributed by atoms with Gasteiger partial charge in [-0.25, -0.2) is 9.89 Å². The molecule has 1 aliphatic rings. The zero-order valence-corrected chi connectivity index (χ0v) is 15.2. The number of aromatic nitrogens is 2. The molecule has 2 heterocycles. The minimum Gasteiger partial charge on any atom is -0.399 e. The van der Waals surface area contributed by atoms with Gasteiger partial charge in [-0.3, -0.25) is 4.79 Å². The standard InChI is InChI=1S/C20H18N4O4/c1-27-23-16-11-17(18-21-22-20(26)28-18)24(12-16)19(25)15-9-7-14(8-10-15)13-5-3-2-4-6-13/h2-10,17H,11-12H2,1H3,(H,22,26)/b23-16-/t17-/m0/s1. The smallest absolute Gasteiger partial charge is 0.399 e. The topological polar surface area (TPSA) is 101 Å². The average Bonchev–Trinajstić information content (AvgIpc) is 3.35. The second-order valence-corrected chi connectivity index (χ2v) is 6.39. The fourth-order valence-electron chi connectivity index (χ4n) is 3.32. The van der Waals surface area contributed by atoms with Crippen molar-refractivity contribution in [2.45, 2.75) is 12.5 Å². The molecule has 1 saturated heterocycles. The number of carbonyl (C=O) groups is 1. The number of amides is 1. The number of nitrogens with zero attached hydrogens (tertiary/aromatic N) is 3. The molecule has 1 N–H and O–H groups in total. The Morgan fingerprint density at radius 3 is 2.54 bits per heavy atom. The molecule has 8 nitrogen and oxygen atoms in total. The number of hydrogen-bond donors (Lipinski definition) is 1. The van der Waals surface area contributed by atoms with E-state index in [0.29, 0.717) is 17.7 Å². The number of nitrogens with one attached hydrogen (secondary N) is 1. The van der Waals surface area contributed by atoms with E-state index in [1.807, 2.05) is 42.5 Å². The van der Waals surface area contributed by atoms with Gasteiger partial charge in [0.15, 0.2) is 0 Å². The lowest BCUT2D eigenvalue weighted by atomic mass is 10.0. The van der Waals surface area contributed by atoms with Gasteiger partial charge in [0.1, 0.15) is 13.2 Å². The van der Waals surface area contributed by atoms with Crippen LogP contribution in [0.15, 0.2) is 69.0 Å². The Bertz CT molecular complexity index is 1050. The maximum Gasteiger partial charge on any atom is 0.434 e. The number of aromatic amines is 1. The molecule has 1 amide bonds. The van der Waals surface area contributed by atoms with E-state index in [1.54, 1.807) is 17.0 Å². The first-order chi connectivity index (χ1) is 13.7. The summed E-state index contributed by atoms with van der Waals surface area (Å²) in [6, 6.07) is 16.8. The molecule has 0 spiro atoms. The van der Waals surface area contributed by atoms with E-state index in [1.165, 1.54) is 7.11 Å². The van der Waals surface area contributed by atoms with Crippen LogP contribution in [0.25, 0.3) is 11.1 Å². The molecule has 0 aliphatic carbocycles. The first-order valence-corrected chi connectivity index (χ1v) is 8.76. The summed E-state index contributed by atoms with van der Waals surface area (Å²) >= 11 is 0. The van der Waals surface area contributed by atoms with Gasteiger partial charge in [-0.05, 0) is 23.3 Å². The van der Waals surface area contributed by atoms with E-state index in [4.69, 9.17) is 9.25 Å². The van der Waals surface area contributed by atoms with E-state index in [9.17, 15) is 9.59 Å². The second-order valence-electron chi connectivity index (χ2n) is 6.39. The maximum atomic E-state index is 13.1. The largest absolute Gasteiger partial charge is 0.434 e. The number of rotatable bonds is 4. The molecule has 0 radical (unpaired) electrons. The molecule has 0 saturated carbocycles. The summed E-state index contributed by atoms with van der Waals surface area (Å²) in [6.45, 7) is 0.272. The van der Waals surface area contributed by atoms with Gasteiger partial charge < -0.3 is 14.2 Å². The van der Waals surface area contributed by atoms with Crippen LogP contribution in [0.5, 0.6) is 0 Å². The molecule has 8 heteroatoms. The van der Waals surface area contributed by atoms with Crippen LogP contribution in [-0.4, -0.2) is 40.4 Å². The Morgan fingerprint density at radius 1 is 1.18 bits per heavy atom. The third kappa shape index (κ3) is 3.44. The van der Waals surface area contributed by atoms with Crippen LogP contribution in [0.1, 0.15) is 28.7 Å². The molecule has 1 atom stereocenters. The normalized spacial score (nSPS) is 17.8. The van der Waals surface area contributed by atoms with E-state index < -0.39 is 11.8 Å². The van der Waals surface area contributed by atoms with Crippen molar-refractivity contribution in [2.75, 3.05) is 13.7 Å². The summed E-state index contributed by atoms with van der Waals surface area (Å²) in [5.41, 5.74) is 3.30. The maximum absolute atomic E-state index is 13.1. The third-order valence-electron chi connectivity index (χ3n) is 4.62. The summed E-state index contributed by atoms with van der Waals surface area (Å²) in [4.78, 5) is 30.9. The van der Waals surface area contributed by atoms with Crippen LogP contribution < -0.4 is 5.76 Å². The molecule has 142 valence electrons. The SMILES string of the molecule is CO/N=C1/C[C@@H](c2n[nH]c(=O)o2)N(C(=O)c2ccc(-c3ccccc3)cc2)C1. The van der Waals surface area contributed by atoms with Crippen LogP contribution in [0, 0.1) is 0 Å². The van der Waals surface area contributed by atoms with E-state index in [-0.39, 0.29) is 18.3 Å². The van der Waals surface area contributed by atoms with Crippen LogP contribution in [0.2, 0.25) is 0 Å². The Morgan fingerprint density at radius 2 is 1.89 bits per heavy atom. The van der Waals surface area contributed by atoms with Crippen LogP contribution in [0.4, 0.5) is 0 Å². The molecule has 3 aromatic rings. The Kier molecular flexibility index (Phi) is 4.76. The molecule has 0 unspecified atom stereocenters. The van der Waals surface area contributed by atoms with Crippen molar-refractivity contribution in [3.63, 3.8) is 0 Å². The molecule has 4 rings (SSSR count). The summed E-state index contributed by atoms with van der Waals surface area (Å²) < 4.78 is 5.08. The van der Waals surface area contributed by atoms with Gasteiger partial charge in [-0.15, -0.1) is 5.10 Å². The van der Waals surface area contributed by atoms with Crippen LogP contribution in [0.3, 0.4) is 0 Å². The quantitative estimate of drug-likeness (QED) is 0.704. The monoisotopic (exact) mass is 378 g/mol.